The summed E-state index contributed by atoms with van der Waals surface area (Å²) < 4.78 is 0. The summed E-state index contributed by atoms with van der Waals surface area (Å²) in [4.78, 5) is 24.2. The molecule has 1 aromatic rings. The monoisotopic (exact) mass is 236 g/mol. The molecule has 5 heteroatoms. The molecule has 0 heterocycles. The number of hydrogen-bond donors (Lipinski definition) is 2. The molecule has 0 saturated heterocycles. The van der Waals surface area contributed by atoms with Crippen molar-refractivity contribution in [1.82, 2.24) is 0 Å². The molecule has 92 valence electrons. The van der Waals surface area contributed by atoms with Crippen LogP contribution in [0.25, 0.3) is 0 Å². The number of likely N-dealkylation sites (N-methyl/N-ethyl adjacent to an activating group) is 1. The second kappa shape index (κ2) is 4.55. The van der Waals surface area contributed by atoms with Crippen LogP contribution in [0.5, 0.6) is 0 Å². The Balaban J connectivity index is 3.17. The smallest absolute Gasteiger partial charge is 0.337 e. The second-order valence-electron chi connectivity index (χ2n) is 4.41. The first kappa shape index (κ1) is 13.2. The molecule has 1 aromatic carbocycles. The topological polar surface area (TPSA) is 83.6 Å². The molecule has 1 rings (SSSR count). The van der Waals surface area contributed by atoms with Gasteiger partial charge in [-0.3, -0.25) is 4.79 Å². The number of para-hydroxylation sites is 1. The third kappa shape index (κ3) is 2.82. The van der Waals surface area contributed by atoms with Crippen molar-refractivity contribution in [3.05, 3.63) is 29.8 Å². The number of carboxylic acid groups (broad SMARTS) is 1. The van der Waals surface area contributed by atoms with Crippen molar-refractivity contribution in [3.63, 3.8) is 0 Å². The zero-order chi connectivity index (χ0) is 13.2. The van der Waals surface area contributed by atoms with Crippen molar-refractivity contribution in [2.75, 3.05) is 11.9 Å². The fourth-order valence-corrected chi connectivity index (χ4v) is 1.49. The molecule has 1 amide bonds. The van der Waals surface area contributed by atoms with Gasteiger partial charge in [-0.25, -0.2) is 4.79 Å². The van der Waals surface area contributed by atoms with Gasteiger partial charge < -0.3 is 15.7 Å². The molecule has 0 aromatic heterocycles. The van der Waals surface area contributed by atoms with Crippen LogP contribution in [0.2, 0.25) is 0 Å². The molecular formula is C12H16N2O3. The predicted octanol–water partition coefficient (Wildman–Crippen LogP) is 1.08. The highest BCUT2D eigenvalue weighted by Gasteiger charge is 2.28. The van der Waals surface area contributed by atoms with Crippen LogP contribution in [0, 0.1) is 0 Å². The van der Waals surface area contributed by atoms with E-state index in [0.29, 0.717) is 5.69 Å². The molecule has 0 aliphatic carbocycles. The lowest BCUT2D eigenvalue weighted by molar-refractivity contribution is -0.122. The summed E-state index contributed by atoms with van der Waals surface area (Å²) in [5.74, 6) is -1.42. The Morgan fingerprint density at radius 2 is 1.82 bits per heavy atom. The Labute approximate surface area is 99.8 Å². The maximum absolute atomic E-state index is 11.9. The van der Waals surface area contributed by atoms with Gasteiger partial charge in [-0.1, -0.05) is 12.1 Å². The molecule has 0 radical (unpaired) electrons. The minimum atomic E-state index is -1.07. The van der Waals surface area contributed by atoms with Gasteiger partial charge in [-0.05, 0) is 26.0 Å². The summed E-state index contributed by atoms with van der Waals surface area (Å²) in [5.41, 5.74) is 5.08. The molecule has 0 aliphatic heterocycles. The van der Waals surface area contributed by atoms with Crippen LogP contribution in [0.1, 0.15) is 24.2 Å². The Morgan fingerprint density at radius 3 is 2.29 bits per heavy atom. The molecule has 3 N–H and O–H groups in total. The number of aromatic carboxylic acids is 1. The van der Waals surface area contributed by atoms with Crippen LogP contribution >= 0.6 is 0 Å². The zero-order valence-electron chi connectivity index (χ0n) is 10.1. The number of carbonyl (C=O) groups is 2. The van der Waals surface area contributed by atoms with E-state index >= 15 is 0 Å². The Morgan fingerprint density at radius 1 is 1.29 bits per heavy atom. The molecule has 0 spiro atoms. The van der Waals surface area contributed by atoms with Crippen molar-refractivity contribution in [3.8, 4) is 0 Å². The van der Waals surface area contributed by atoms with Gasteiger partial charge in [-0.15, -0.1) is 0 Å². The maximum atomic E-state index is 11.9. The Bertz CT molecular complexity index is 449. The molecule has 17 heavy (non-hydrogen) atoms. The molecule has 0 bridgehead atoms. The average molecular weight is 236 g/mol. The van der Waals surface area contributed by atoms with E-state index in [-0.39, 0.29) is 11.5 Å². The minimum absolute atomic E-state index is 0.0765. The summed E-state index contributed by atoms with van der Waals surface area (Å²) in [6, 6.07) is 6.31. The summed E-state index contributed by atoms with van der Waals surface area (Å²) >= 11 is 0. The number of carboxylic acids is 1. The molecular weight excluding hydrogens is 220 g/mol. The van der Waals surface area contributed by atoms with Crippen molar-refractivity contribution >= 4 is 17.6 Å². The van der Waals surface area contributed by atoms with Gasteiger partial charge in [0.1, 0.15) is 0 Å². The second-order valence-corrected chi connectivity index (χ2v) is 4.41. The summed E-state index contributed by atoms with van der Waals surface area (Å²) in [6.45, 7) is 3.16. The third-order valence-electron chi connectivity index (χ3n) is 2.35. The van der Waals surface area contributed by atoms with Crippen LogP contribution in [-0.2, 0) is 4.79 Å². The quantitative estimate of drug-likeness (QED) is 0.822. The van der Waals surface area contributed by atoms with Crippen molar-refractivity contribution < 1.29 is 14.7 Å². The fourth-order valence-electron chi connectivity index (χ4n) is 1.49. The van der Waals surface area contributed by atoms with Crippen LogP contribution in [-0.4, -0.2) is 29.6 Å². The SMILES string of the molecule is CN(C(=O)C(C)(C)N)c1ccccc1C(=O)O. The lowest BCUT2D eigenvalue weighted by Gasteiger charge is -2.26. The molecule has 5 nitrogen and oxygen atoms in total. The Kier molecular flexibility index (Phi) is 3.53. The zero-order valence-corrected chi connectivity index (χ0v) is 10.1. The van der Waals surface area contributed by atoms with Gasteiger partial charge in [0.15, 0.2) is 0 Å². The summed E-state index contributed by atoms with van der Waals surface area (Å²) in [6.07, 6.45) is 0. The number of anilines is 1. The third-order valence-corrected chi connectivity index (χ3v) is 2.35. The average Bonchev–Trinajstić information content (AvgIpc) is 2.25. The van der Waals surface area contributed by atoms with E-state index in [1.165, 1.54) is 18.0 Å². The number of nitrogens with zero attached hydrogens (tertiary/aromatic N) is 1. The first-order valence-corrected chi connectivity index (χ1v) is 5.14. The van der Waals surface area contributed by atoms with E-state index in [9.17, 15) is 9.59 Å². The van der Waals surface area contributed by atoms with Gasteiger partial charge in [0.25, 0.3) is 0 Å². The van der Waals surface area contributed by atoms with Crippen LogP contribution < -0.4 is 10.6 Å². The van der Waals surface area contributed by atoms with Crippen molar-refractivity contribution in [2.45, 2.75) is 19.4 Å². The van der Waals surface area contributed by atoms with Crippen molar-refractivity contribution in [2.24, 2.45) is 5.73 Å². The highest BCUT2D eigenvalue weighted by Crippen LogP contribution is 2.21. The fraction of sp³-hybridized carbons (Fsp3) is 0.333. The number of benzene rings is 1. The van der Waals surface area contributed by atoms with Gasteiger partial charge in [-0.2, -0.15) is 0 Å². The Hall–Kier alpha value is -1.88. The van der Waals surface area contributed by atoms with Crippen LogP contribution in [0.15, 0.2) is 24.3 Å². The molecule has 0 aliphatic rings. The van der Waals surface area contributed by atoms with E-state index in [0.717, 1.165) is 0 Å². The standard InChI is InChI=1S/C12H16N2O3/c1-12(2,13)11(17)14(3)9-7-5-4-6-8(9)10(15)16/h4-7H,13H2,1-3H3,(H,15,16). The van der Waals surface area contributed by atoms with Gasteiger partial charge in [0.2, 0.25) is 5.91 Å². The molecule has 0 unspecified atom stereocenters. The van der Waals surface area contributed by atoms with Gasteiger partial charge in [0.05, 0.1) is 16.8 Å². The van der Waals surface area contributed by atoms with Crippen molar-refractivity contribution in [1.29, 1.82) is 0 Å². The first-order valence-electron chi connectivity index (χ1n) is 5.14. The van der Waals surface area contributed by atoms with E-state index < -0.39 is 11.5 Å². The lowest BCUT2D eigenvalue weighted by Crippen LogP contribution is -2.50. The lowest BCUT2D eigenvalue weighted by atomic mass is 10.0. The van der Waals surface area contributed by atoms with Crippen LogP contribution in [0.3, 0.4) is 0 Å². The van der Waals surface area contributed by atoms with Gasteiger partial charge in [0, 0.05) is 7.05 Å². The normalized spacial score (nSPS) is 11.1. The maximum Gasteiger partial charge on any atom is 0.337 e. The van der Waals surface area contributed by atoms with Crippen LogP contribution in [0.4, 0.5) is 5.69 Å². The summed E-state index contributed by atoms with van der Waals surface area (Å²) in [7, 11) is 1.51. The summed E-state index contributed by atoms with van der Waals surface area (Å²) in [5, 5.41) is 9.03. The molecule has 0 fully saturated rings. The first-order chi connectivity index (χ1) is 7.75. The number of nitrogens with two attached hydrogens (primary N) is 1. The van der Waals surface area contributed by atoms with E-state index in [4.69, 9.17) is 10.8 Å². The molecule has 0 atom stereocenters. The minimum Gasteiger partial charge on any atom is -0.478 e. The number of carbonyl (C=O) groups excluding carboxylic acids is 1. The predicted molar refractivity (Wildman–Crippen MR) is 65.1 cm³/mol. The van der Waals surface area contributed by atoms with Gasteiger partial charge >= 0.3 is 5.97 Å². The van der Waals surface area contributed by atoms with E-state index in [1.54, 1.807) is 32.0 Å². The number of amides is 1. The van der Waals surface area contributed by atoms with E-state index in [2.05, 4.69) is 0 Å². The highest BCUT2D eigenvalue weighted by molar-refractivity contribution is 6.04. The molecule has 0 saturated carbocycles. The number of hydrogen-bond acceptors (Lipinski definition) is 3. The van der Waals surface area contributed by atoms with E-state index in [1.807, 2.05) is 0 Å². The highest BCUT2D eigenvalue weighted by atomic mass is 16.4. The largest absolute Gasteiger partial charge is 0.478 e. The number of rotatable bonds is 3.